The van der Waals surface area contributed by atoms with Crippen LogP contribution < -0.4 is 5.73 Å². The van der Waals surface area contributed by atoms with Crippen molar-refractivity contribution in [3.05, 3.63) is 36.0 Å². The van der Waals surface area contributed by atoms with Crippen molar-refractivity contribution >= 4 is 10.9 Å². The quantitative estimate of drug-likeness (QED) is 0.738. The number of benzene rings is 1. The summed E-state index contributed by atoms with van der Waals surface area (Å²) in [5, 5.41) is 10.0. The summed E-state index contributed by atoms with van der Waals surface area (Å²) in [6, 6.07) is 8.48. The monoisotopic (exact) mass is 246 g/mol. The zero-order valence-electron chi connectivity index (χ0n) is 10.8. The van der Waals surface area contributed by atoms with Crippen LogP contribution in [0.25, 0.3) is 10.9 Å². The van der Waals surface area contributed by atoms with Crippen LogP contribution in [0.2, 0.25) is 0 Å². The smallest absolute Gasteiger partial charge is 0.0483 e. The van der Waals surface area contributed by atoms with Gasteiger partial charge >= 0.3 is 0 Å². The van der Waals surface area contributed by atoms with Crippen LogP contribution in [0.15, 0.2) is 30.5 Å². The number of aliphatic hydroxyl groups is 1. The Bertz CT molecular complexity index is 490. The molecule has 0 unspecified atom stereocenters. The number of nitrogens with zero attached hydrogens (tertiary/aromatic N) is 1. The Labute approximate surface area is 108 Å². The number of aliphatic hydroxyl groups excluding tert-OH is 1. The predicted molar refractivity (Wildman–Crippen MR) is 75.4 cm³/mol. The number of rotatable bonds is 7. The van der Waals surface area contributed by atoms with Gasteiger partial charge in [0.2, 0.25) is 0 Å². The molecule has 2 aromatic rings. The maximum atomic E-state index is 8.73. The van der Waals surface area contributed by atoms with Crippen molar-refractivity contribution in [3.63, 3.8) is 0 Å². The van der Waals surface area contributed by atoms with Crippen molar-refractivity contribution in [2.75, 3.05) is 6.61 Å². The SMILES string of the molecule is NCc1cccc2c1ccn2CCCCCCO. The number of nitrogens with two attached hydrogens (primary N) is 1. The molecule has 3 nitrogen and oxygen atoms in total. The Morgan fingerprint density at radius 1 is 1.06 bits per heavy atom. The number of unbranched alkanes of at least 4 members (excludes halogenated alkanes) is 3. The molecule has 2 rings (SSSR count). The number of fused-ring (bicyclic) bond motifs is 1. The van der Waals surface area contributed by atoms with Crippen molar-refractivity contribution in [1.29, 1.82) is 0 Å². The largest absolute Gasteiger partial charge is 0.396 e. The van der Waals surface area contributed by atoms with Crippen molar-refractivity contribution < 1.29 is 5.11 Å². The average Bonchev–Trinajstić information content (AvgIpc) is 2.82. The van der Waals surface area contributed by atoms with Crippen LogP contribution in [0.1, 0.15) is 31.2 Å². The second-order valence-corrected chi connectivity index (χ2v) is 4.70. The maximum absolute atomic E-state index is 8.73. The minimum atomic E-state index is 0.312. The first-order valence-corrected chi connectivity index (χ1v) is 6.74. The van der Waals surface area contributed by atoms with Crippen LogP contribution in [0, 0.1) is 0 Å². The van der Waals surface area contributed by atoms with Gasteiger partial charge in [-0.3, -0.25) is 0 Å². The molecule has 0 amide bonds. The van der Waals surface area contributed by atoms with Crippen molar-refractivity contribution in [2.24, 2.45) is 5.73 Å². The lowest BCUT2D eigenvalue weighted by molar-refractivity contribution is 0.282. The van der Waals surface area contributed by atoms with Gasteiger partial charge in [-0.25, -0.2) is 0 Å². The lowest BCUT2D eigenvalue weighted by atomic mass is 10.1. The van der Waals surface area contributed by atoms with Crippen LogP contribution in [0.5, 0.6) is 0 Å². The molecule has 0 atom stereocenters. The summed E-state index contributed by atoms with van der Waals surface area (Å²) in [7, 11) is 0. The summed E-state index contributed by atoms with van der Waals surface area (Å²) in [6.45, 7) is 1.95. The number of aromatic nitrogens is 1. The van der Waals surface area contributed by atoms with Crippen LogP contribution in [0.4, 0.5) is 0 Å². The molecule has 0 fully saturated rings. The maximum Gasteiger partial charge on any atom is 0.0483 e. The van der Waals surface area contributed by atoms with Crippen LogP contribution in [0.3, 0.4) is 0 Å². The van der Waals surface area contributed by atoms with Gasteiger partial charge in [-0.15, -0.1) is 0 Å². The molecule has 1 aromatic heterocycles. The van der Waals surface area contributed by atoms with E-state index in [1.165, 1.54) is 22.9 Å². The third-order valence-electron chi connectivity index (χ3n) is 3.43. The highest BCUT2D eigenvalue weighted by Crippen LogP contribution is 2.20. The van der Waals surface area contributed by atoms with E-state index in [1.807, 2.05) is 0 Å². The van der Waals surface area contributed by atoms with Gasteiger partial charge in [0.05, 0.1) is 0 Å². The van der Waals surface area contributed by atoms with E-state index < -0.39 is 0 Å². The molecule has 1 heterocycles. The summed E-state index contributed by atoms with van der Waals surface area (Å²) < 4.78 is 2.30. The Hall–Kier alpha value is -1.32. The highest BCUT2D eigenvalue weighted by atomic mass is 16.2. The molecule has 0 radical (unpaired) electrons. The van der Waals surface area contributed by atoms with E-state index >= 15 is 0 Å². The third kappa shape index (κ3) is 2.92. The van der Waals surface area contributed by atoms with Crippen molar-refractivity contribution in [3.8, 4) is 0 Å². The molecule has 0 aliphatic heterocycles. The van der Waals surface area contributed by atoms with E-state index in [4.69, 9.17) is 10.8 Å². The molecule has 0 bridgehead atoms. The van der Waals surface area contributed by atoms with Gasteiger partial charge < -0.3 is 15.4 Å². The van der Waals surface area contributed by atoms with E-state index in [2.05, 4.69) is 35.0 Å². The fraction of sp³-hybridized carbons (Fsp3) is 0.467. The van der Waals surface area contributed by atoms with Gasteiger partial charge in [0.25, 0.3) is 0 Å². The molecule has 1 aromatic carbocycles. The standard InChI is InChI=1S/C15H22N2O/c16-12-13-6-5-7-15-14(13)8-10-17(15)9-3-1-2-4-11-18/h5-8,10,18H,1-4,9,11-12,16H2. The van der Waals surface area contributed by atoms with E-state index in [0.29, 0.717) is 13.2 Å². The van der Waals surface area contributed by atoms with Gasteiger partial charge in [0, 0.05) is 36.8 Å². The number of hydrogen-bond donors (Lipinski definition) is 2. The topological polar surface area (TPSA) is 51.2 Å². The molecule has 18 heavy (non-hydrogen) atoms. The summed E-state index contributed by atoms with van der Waals surface area (Å²) >= 11 is 0. The second kappa shape index (κ2) is 6.57. The Morgan fingerprint density at radius 2 is 1.89 bits per heavy atom. The van der Waals surface area contributed by atoms with Crippen LogP contribution in [-0.4, -0.2) is 16.3 Å². The Kier molecular flexibility index (Phi) is 4.79. The zero-order valence-corrected chi connectivity index (χ0v) is 10.8. The first kappa shape index (κ1) is 13.1. The van der Waals surface area contributed by atoms with Gasteiger partial charge in [0.1, 0.15) is 0 Å². The fourth-order valence-corrected chi connectivity index (χ4v) is 2.41. The average molecular weight is 246 g/mol. The molecular formula is C15H22N2O. The van der Waals surface area contributed by atoms with Gasteiger partial charge in [0.15, 0.2) is 0 Å². The van der Waals surface area contributed by atoms with E-state index in [9.17, 15) is 0 Å². The number of hydrogen-bond acceptors (Lipinski definition) is 2. The fourth-order valence-electron chi connectivity index (χ4n) is 2.41. The Balaban J connectivity index is 2.01. The molecule has 3 N–H and O–H groups in total. The minimum Gasteiger partial charge on any atom is -0.396 e. The first-order chi connectivity index (χ1) is 8.86. The van der Waals surface area contributed by atoms with E-state index in [0.717, 1.165) is 25.8 Å². The molecule has 98 valence electrons. The van der Waals surface area contributed by atoms with Crippen LogP contribution >= 0.6 is 0 Å². The normalized spacial score (nSPS) is 11.2. The highest BCUT2D eigenvalue weighted by Gasteiger charge is 2.03. The van der Waals surface area contributed by atoms with Crippen molar-refractivity contribution in [1.82, 2.24) is 4.57 Å². The molecular weight excluding hydrogens is 224 g/mol. The molecule has 0 aliphatic rings. The lowest BCUT2D eigenvalue weighted by Gasteiger charge is -2.06. The molecule has 0 aliphatic carbocycles. The van der Waals surface area contributed by atoms with E-state index in [1.54, 1.807) is 0 Å². The molecule has 3 heteroatoms. The number of aryl methyl sites for hydroxylation is 1. The van der Waals surface area contributed by atoms with Gasteiger partial charge in [-0.2, -0.15) is 0 Å². The lowest BCUT2D eigenvalue weighted by Crippen LogP contribution is -1.99. The third-order valence-corrected chi connectivity index (χ3v) is 3.43. The van der Waals surface area contributed by atoms with Gasteiger partial charge in [-0.1, -0.05) is 25.0 Å². The second-order valence-electron chi connectivity index (χ2n) is 4.70. The predicted octanol–water partition coefficient (Wildman–Crippen LogP) is 2.65. The summed E-state index contributed by atoms with van der Waals surface area (Å²) in [5.41, 5.74) is 8.24. The van der Waals surface area contributed by atoms with E-state index in [-0.39, 0.29) is 0 Å². The Morgan fingerprint density at radius 3 is 2.67 bits per heavy atom. The van der Waals surface area contributed by atoms with Crippen molar-refractivity contribution in [2.45, 2.75) is 38.8 Å². The molecule has 0 saturated carbocycles. The minimum absolute atomic E-state index is 0.312. The molecule has 0 saturated heterocycles. The molecule has 0 spiro atoms. The highest BCUT2D eigenvalue weighted by molar-refractivity contribution is 5.83. The summed E-state index contributed by atoms with van der Waals surface area (Å²) in [5.74, 6) is 0. The van der Waals surface area contributed by atoms with Gasteiger partial charge in [-0.05, 0) is 30.5 Å². The zero-order chi connectivity index (χ0) is 12.8. The summed E-state index contributed by atoms with van der Waals surface area (Å²) in [6.07, 6.45) is 6.52. The summed E-state index contributed by atoms with van der Waals surface area (Å²) in [4.78, 5) is 0. The van der Waals surface area contributed by atoms with Crippen LogP contribution in [-0.2, 0) is 13.1 Å². The first-order valence-electron chi connectivity index (χ1n) is 6.74.